The SMILES string of the molecule is C[C@@H]1CCc2c(sc(NC(=O)CCN3C(=O)NC4(CCCC4)C3=O)c2C#N)C1. The van der Waals surface area contributed by atoms with Gasteiger partial charge in [0.15, 0.2) is 0 Å². The molecule has 28 heavy (non-hydrogen) atoms. The van der Waals surface area contributed by atoms with E-state index in [2.05, 4.69) is 23.6 Å². The summed E-state index contributed by atoms with van der Waals surface area (Å²) in [5.41, 5.74) is 0.892. The monoisotopic (exact) mass is 400 g/mol. The van der Waals surface area contributed by atoms with Gasteiger partial charge in [0.05, 0.1) is 5.56 Å². The lowest BCUT2D eigenvalue weighted by Crippen LogP contribution is -2.44. The Morgan fingerprint density at radius 2 is 2.14 bits per heavy atom. The smallest absolute Gasteiger partial charge is 0.323 e. The first-order valence-electron chi connectivity index (χ1n) is 9.92. The van der Waals surface area contributed by atoms with Crippen LogP contribution in [0.15, 0.2) is 0 Å². The van der Waals surface area contributed by atoms with Crippen molar-refractivity contribution in [1.29, 1.82) is 5.26 Å². The van der Waals surface area contributed by atoms with Crippen LogP contribution in [0.25, 0.3) is 0 Å². The molecule has 4 rings (SSSR count). The van der Waals surface area contributed by atoms with Crippen molar-refractivity contribution in [3.8, 4) is 6.07 Å². The zero-order valence-corrected chi connectivity index (χ0v) is 16.8. The molecule has 1 aromatic heterocycles. The molecule has 148 valence electrons. The van der Waals surface area contributed by atoms with Gasteiger partial charge in [-0.25, -0.2) is 4.79 Å². The zero-order chi connectivity index (χ0) is 19.9. The molecule has 0 bridgehead atoms. The molecule has 1 saturated heterocycles. The fourth-order valence-corrected chi connectivity index (χ4v) is 5.93. The summed E-state index contributed by atoms with van der Waals surface area (Å²) in [6, 6.07) is 1.83. The van der Waals surface area contributed by atoms with Gasteiger partial charge in [0.2, 0.25) is 5.91 Å². The number of nitriles is 1. The molecule has 2 heterocycles. The van der Waals surface area contributed by atoms with Gasteiger partial charge in [-0.3, -0.25) is 14.5 Å². The molecule has 2 fully saturated rings. The van der Waals surface area contributed by atoms with Gasteiger partial charge in [-0.15, -0.1) is 11.3 Å². The topological polar surface area (TPSA) is 102 Å². The number of nitrogens with zero attached hydrogens (tertiary/aromatic N) is 2. The molecule has 1 aromatic rings. The van der Waals surface area contributed by atoms with Crippen LogP contribution in [0, 0.1) is 17.2 Å². The zero-order valence-electron chi connectivity index (χ0n) is 16.0. The highest BCUT2D eigenvalue weighted by Crippen LogP contribution is 2.39. The number of thiophene rings is 1. The van der Waals surface area contributed by atoms with Crippen LogP contribution in [0.4, 0.5) is 9.80 Å². The fourth-order valence-electron chi connectivity index (χ4n) is 4.56. The van der Waals surface area contributed by atoms with Crippen LogP contribution in [-0.4, -0.2) is 34.8 Å². The maximum Gasteiger partial charge on any atom is 0.325 e. The van der Waals surface area contributed by atoms with Crippen LogP contribution in [-0.2, 0) is 22.4 Å². The van der Waals surface area contributed by atoms with Crippen molar-refractivity contribution >= 4 is 34.2 Å². The van der Waals surface area contributed by atoms with Crippen LogP contribution in [0.5, 0.6) is 0 Å². The number of nitrogens with one attached hydrogen (secondary N) is 2. The van der Waals surface area contributed by atoms with E-state index in [0.29, 0.717) is 29.3 Å². The highest BCUT2D eigenvalue weighted by atomic mass is 32.1. The Balaban J connectivity index is 1.40. The van der Waals surface area contributed by atoms with Crippen LogP contribution >= 0.6 is 11.3 Å². The van der Waals surface area contributed by atoms with Gasteiger partial charge >= 0.3 is 6.03 Å². The third-order valence-corrected chi connectivity index (χ3v) is 7.31. The molecule has 0 unspecified atom stereocenters. The molecule has 2 aliphatic carbocycles. The number of hydrogen-bond acceptors (Lipinski definition) is 5. The molecule has 1 saturated carbocycles. The van der Waals surface area contributed by atoms with Gasteiger partial charge in [0.1, 0.15) is 16.6 Å². The summed E-state index contributed by atoms with van der Waals surface area (Å²) in [6.07, 6.45) is 6.10. The summed E-state index contributed by atoms with van der Waals surface area (Å²) in [5.74, 6) is 0.0982. The van der Waals surface area contributed by atoms with Gasteiger partial charge in [-0.1, -0.05) is 19.8 Å². The molecule has 3 aliphatic rings. The van der Waals surface area contributed by atoms with Gasteiger partial charge in [-0.2, -0.15) is 5.26 Å². The van der Waals surface area contributed by atoms with Crippen LogP contribution in [0.3, 0.4) is 0 Å². The van der Waals surface area contributed by atoms with E-state index in [0.717, 1.165) is 42.6 Å². The highest BCUT2D eigenvalue weighted by Gasteiger charge is 2.52. The van der Waals surface area contributed by atoms with Crippen LogP contribution in [0.2, 0.25) is 0 Å². The van der Waals surface area contributed by atoms with E-state index < -0.39 is 11.6 Å². The minimum Gasteiger partial charge on any atom is -0.323 e. The van der Waals surface area contributed by atoms with Gasteiger partial charge in [-0.05, 0) is 43.6 Å². The summed E-state index contributed by atoms with van der Waals surface area (Å²) in [5, 5.41) is 15.8. The molecule has 8 heteroatoms. The second-order valence-electron chi connectivity index (χ2n) is 8.14. The summed E-state index contributed by atoms with van der Waals surface area (Å²) in [7, 11) is 0. The lowest BCUT2D eigenvalue weighted by Gasteiger charge is -2.19. The van der Waals surface area contributed by atoms with Crippen LogP contribution in [0.1, 0.15) is 61.5 Å². The summed E-state index contributed by atoms with van der Waals surface area (Å²) in [6.45, 7) is 2.25. The number of fused-ring (bicyclic) bond motifs is 1. The predicted molar refractivity (Wildman–Crippen MR) is 105 cm³/mol. The molecule has 2 N–H and O–H groups in total. The van der Waals surface area contributed by atoms with Crippen LogP contribution < -0.4 is 10.6 Å². The van der Waals surface area contributed by atoms with Crippen molar-refractivity contribution < 1.29 is 14.4 Å². The number of carbonyl (C=O) groups excluding carboxylic acids is 3. The lowest BCUT2D eigenvalue weighted by molar-refractivity contribution is -0.131. The van der Waals surface area contributed by atoms with Crippen molar-refractivity contribution in [3.63, 3.8) is 0 Å². The van der Waals surface area contributed by atoms with E-state index >= 15 is 0 Å². The molecule has 0 aromatic carbocycles. The number of rotatable bonds is 4. The molecule has 1 atom stereocenters. The third-order valence-electron chi connectivity index (χ3n) is 6.14. The number of urea groups is 1. The Bertz CT molecular complexity index is 879. The Morgan fingerprint density at radius 3 is 2.86 bits per heavy atom. The lowest BCUT2D eigenvalue weighted by atomic mass is 9.89. The standard InChI is InChI=1S/C20H24N4O3S/c1-12-4-5-13-14(11-21)17(28-15(13)10-12)22-16(25)6-9-24-18(26)20(23-19(24)27)7-2-3-8-20/h12H,2-10H2,1H3,(H,22,25)(H,23,27)/t12-/m1/s1. The number of carbonyl (C=O) groups is 3. The molecular formula is C20H24N4O3S. The second-order valence-corrected chi connectivity index (χ2v) is 9.25. The molecular weight excluding hydrogens is 376 g/mol. The fraction of sp³-hybridized carbons (Fsp3) is 0.600. The average molecular weight is 401 g/mol. The number of anilines is 1. The molecule has 1 aliphatic heterocycles. The van der Waals surface area contributed by atoms with Gasteiger partial charge in [0.25, 0.3) is 5.91 Å². The first-order chi connectivity index (χ1) is 13.4. The summed E-state index contributed by atoms with van der Waals surface area (Å²) < 4.78 is 0. The van der Waals surface area contributed by atoms with Crippen molar-refractivity contribution in [1.82, 2.24) is 10.2 Å². The number of hydrogen-bond donors (Lipinski definition) is 2. The van der Waals surface area contributed by atoms with Crippen molar-refractivity contribution in [2.45, 2.75) is 63.8 Å². The van der Waals surface area contributed by atoms with E-state index in [-0.39, 0.29) is 24.8 Å². The van der Waals surface area contributed by atoms with Crippen molar-refractivity contribution in [2.24, 2.45) is 5.92 Å². The maximum atomic E-state index is 12.6. The third kappa shape index (κ3) is 3.18. The Kier molecular flexibility index (Phi) is 4.88. The highest BCUT2D eigenvalue weighted by molar-refractivity contribution is 7.16. The molecule has 1 spiro atoms. The second kappa shape index (κ2) is 7.21. The quantitative estimate of drug-likeness (QED) is 0.759. The van der Waals surface area contributed by atoms with E-state index in [4.69, 9.17) is 0 Å². The minimum atomic E-state index is -0.745. The Hall–Kier alpha value is -2.40. The van der Waals surface area contributed by atoms with E-state index in [9.17, 15) is 19.6 Å². The van der Waals surface area contributed by atoms with Crippen molar-refractivity contribution in [2.75, 3.05) is 11.9 Å². The van der Waals surface area contributed by atoms with E-state index in [1.54, 1.807) is 0 Å². The first-order valence-corrected chi connectivity index (χ1v) is 10.7. The molecule has 4 amide bonds. The van der Waals surface area contributed by atoms with E-state index in [1.165, 1.54) is 16.2 Å². The number of imide groups is 1. The summed E-state index contributed by atoms with van der Waals surface area (Å²) in [4.78, 5) is 39.7. The van der Waals surface area contributed by atoms with Crippen molar-refractivity contribution in [3.05, 3.63) is 16.0 Å². The van der Waals surface area contributed by atoms with E-state index in [1.807, 2.05) is 0 Å². The summed E-state index contributed by atoms with van der Waals surface area (Å²) >= 11 is 1.48. The maximum absolute atomic E-state index is 12.6. The normalized spacial score (nSPS) is 22.9. The Morgan fingerprint density at radius 1 is 1.39 bits per heavy atom. The molecule has 0 radical (unpaired) electrons. The average Bonchev–Trinajstić information content (AvgIpc) is 3.31. The van der Waals surface area contributed by atoms with Gasteiger partial charge < -0.3 is 10.6 Å². The predicted octanol–water partition coefficient (Wildman–Crippen LogP) is 2.94. The largest absolute Gasteiger partial charge is 0.325 e. The number of amides is 4. The molecule has 7 nitrogen and oxygen atoms in total. The minimum absolute atomic E-state index is 0.0269. The Labute approximate surface area is 168 Å². The van der Waals surface area contributed by atoms with Gasteiger partial charge in [0, 0.05) is 17.8 Å². The first kappa shape index (κ1) is 18.9.